The van der Waals surface area contributed by atoms with Gasteiger partial charge in [-0.25, -0.2) is 0 Å². The maximum absolute atomic E-state index is 12.6. The van der Waals surface area contributed by atoms with E-state index in [0.717, 1.165) is 22.7 Å². The van der Waals surface area contributed by atoms with Crippen LogP contribution in [0.2, 0.25) is 0 Å². The zero-order valence-electron chi connectivity index (χ0n) is 15.0. The molecule has 4 rings (SSSR count). The number of benzene rings is 3. The maximum Gasteiger partial charge on any atom is 0.255 e. The zero-order chi connectivity index (χ0) is 17.9. The molecular weight excluding hydrogens is 318 g/mol. The molecule has 0 saturated heterocycles. The van der Waals surface area contributed by atoms with Gasteiger partial charge in [0.1, 0.15) is 0 Å². The molecule has 0 bridgehead atoms. The fourth-order valence-corrected chi connectivity index (χ4v) is 3.60. The Bertz CT molecular complexity index is 899. The standard InChI is InChI=1S/C24H23NO/c1-2-17-16-23(17)21-9-6-10-22(15-21)25-24(26)20-13-11-19(12-14-20)18-7-4-3-5-8-18/h3-15,17,23H,2,16H2,1H3,(H,25,26). The van der Waals surface area contributed by atoms with E-state index in [1.807, 2.05) is 54.6 Å². The molecule has 0 radical (unpaired) electrons. The summed E-state index contributed by atoms with van der Waals surface area (Å²) < 4.78 is 0. The molecule has 0 spiro atoms. The lowest BCUT2D eigenvalue weighted by Crippen LogP contribution is -2.11. The third kappa shape index (κ3) is 3.55. The molecule has 3 aromatic rings. The van der Waals surface area contributed by atoms with Crippen molar-refractivity contribution in [2.45, 2.75) is 25.7 Å². The molecule has 1 N–H and O–H groups in total. The first-order valence-electron chi connectivity index (χ1n) is 9.31. The molecule has 2 heteroatoms. The Labute approximate surface area is 154 Å². The molecule has 26 heavy (non-hydrogen) atoms. The third-order valence-corrected chi connectivity index (χ3v) is 5.27. The number of carbonyl (C=O) groups excluding carboxylic acids is 1. The van der Waals surface area contributed by atoms with Gasteiger partial charge in [0.05, 0.1) is 0 Å². The highest BCUT2D eigenvalue weighted by Crippen LogP contribution is 2.49. The topological polar surface area (TPSA) is 29.1 Å². The van der Waals surface area contributed by atoms with Crippen molar-refractivity contribution in [1.29, 1.82) is 0 Å². The van der Waals surface area contributed by atoms with Gasteiger partial charge in [-0.3, -0.25) is 4.79 Å². The average molecular weight is 341 g/mol. The maximum atomic E-state index is 12.6. The van der Waals surface area contributed by atoms with Gasteiger partial charge >= 0.3 is 0 Å². The molecule has 2 atom stereocenters. The summed E-state index contributed by atoms with van der Waals surface area (Å²) in [6.45, 7) is 2.25. The van der Waals surface area contributed by atoms with E-state index in [1.165, 1.54) is 18.4 Å². The van der Waals surface area contributed by atoms with Gasteiger partial charge in [0.2, 0.25) is 0 Å². The van der Waals surface area contributed by atoms with E-state index in [9.17, 15) is 4.79 Å². The van der Waals surface area contributed by atoms with E-state index in [2.05, 4.69) is 36.5 Å². The van der Waals surface area contributed by atoms with Crippen molar-refractivity contribution in [2.75, 3.05) is 5.32 Å². The molecule has 130 valence electrons. The number of amides is 1. The van der Waals surface area contributed by atoms with E-state index < -0.39 is 0 Å². The van der Waals surface area contributed by atoms with Crippen molar-refractivity contribution in [3.8, 4) is 11.1 Å². The van der Waals surface area contributed by atoms with E-state index in [1.54, 1.807) is 0 Å². The van der Waals surface area contributed by atoms with Crippen LogP contribution in [0.1, 0.15) is 41.6 Å². The van der Waals surface area contributed by atoms with Crippen LogP contribution in [-0.4, -0.2) is 5.91 Å². The first-order chi connectivity index (χ1) is 12.7. The van der Waals surface area contributed by atoms with Crippen molar-refractivity contribution < 1.29 is 4.79 Å². The van der Waals surface area contributed by atoms with Crippen LogP contribution in [0.5, 0.6) is 0 Å². The largest absolute Gasteiger partial charge is 0.322 e. The molecular formula is C24H23NO. The minimum absolute atomic E-state index is 0.0652. The summed E-state index contributed by atoms with van der Waals surface area (Å²) in [6.07, 6.45) is 2.50. The Kier molecular flexibility index (Phi) is 4.57. The lowest BCUT2D eigenvalue weighted by atomic mass is 10.0. The normalized spacial score (nSPS) is 18.3. The summed E-state index contributed by atoms with van der Waals surface area (Å²) in [5.41, 5.74) is 5.16. The summed E-state index contributed by atoms with van der Waals surface area (Å²) >= 11 is 0. The monoisotopic (exact) mass is 341 g/mol. The van der Waals surface area contributed by atoms with Crippen molar-refractivity contribution in [3.63, 3.8) is 0 Å². The fraction of sp³-hybridized carbons (Fsp3) is 0.208. The number of hydrogen-bond donors (Lipinski definition) is 1. The second-order valence-electron chi connectivity index (χ2n) is 7.03. The minimum atomic E-state index is -0.0652. The predicted octanol–water partition coefficient (Wildman–Crippen LogP) is 6.12. The van der Waals surface area contributed by atoms with Crippen LogP contribution >= 0.6 is 0 Å². The van der Waals surface area contributed by atoms with E-state index in [0.29, 0.717) is 11.5 Å². The van der Waals surface area contributed by atoms with Crippen molar-refractivity contribution in [3.05, 3.63) is 90.0 Å². The summed E-state index contributed by atoms with van der Waals surface area (Å²) in [6, 6.07) is 26.2. The molecule has 1 aliphatic rings. The molecule has 1 amide bonds. The SMILES string of the molecule is CCC1CC1c1cccc(NC(=O)c2ccc(-c3ccccc3)cc2)c1. The lowest BCUT2D eigenvalue weighted by molar-refractivity contribution is 0.102. The minimum Gasteiger partial charge on any atom is -0.322 e. The zero-order valence-corrected chi connectivity index (χ0v) is 15.0. The van der Waals surface area contributed by atoms with Crippen LogP contribution in [0.3, 0.4) is 0 Å². The van der Waals surface area contributed by atoms with Crippen molar-refractivity contribution in [1.82, 2.24) is 0 Å². The highest BCUT2D eigenvalue weighted by Gasteiger charge is 2.36. The summed E-state index contributed by atoms with van der Waals surface area (Å²) in [7, 11) is 0. The first kappa shape index (κ1) is 16.6. The predicted molar refractivity (Wildman–Crippen MR) is 107 cm³/mol. The summed E-state index contributed by atoms with van der Waals surface area (Å²) in [5.74, 6) is 1.41. The highest BCUT2D eigenvalue weighted by molar-refractivity contribution is 6.04. The van der Waals surface area contributed by atoms with E-state index >= 15 is 0 Å². The second kappa shape index (κ2) is 7.17. The molecule has 0 aliphatic heterocycles. The van der Waals surface area contributed by atoms with Crippen LogP contribution < -0.4 is 5.32 Å². The summed E-state index contributed by atoms with van der Waals surface area (Å²) in [4.78, 5) is 12.6. The Morgan fingerprint density at radius 3 is 2.35 bits per heavy atom. The van der Waals surface area contributed by atoms with Gasteiger partial charge in [0.15, 0.2) is 0 Å². The molecule has 0 heterocycles. The molecule has 1 aliphatic carbocycles. The third-order valence-electron chi connectivity index (χ3n) is 5.27. The number of hydrogen-bond acceptors (Lipinski definition) is 1. The number of rotatable bonds is 5. The highest BCUT2D eigenvalue weighted by atomic mass is 16.1. The number of nitrogens with one attached hydrogen (secondary N) is 1. The van der Waals surface area contributed by atoms with E-state index in [4.69, 9.17) is 0 Å². The molecule has 3 aromatic carbocycles. The smallest absolute Gasteiger partial charge is 0.255 e. The fourth-order valence-electron chi connectivity index (χ4n) is 3.60. The molecule has 2 nitrogen and oxygen atoms in total. The molecule has 2 unspecified atom stereocenters. The van der Waals surface area contributed by atoms with Gasteiger partial charge in [-0.15, -0.1) is 0 Å². The Morgan fingerprint density at radius 2 is 1.65 bits per heavy atom. The first-order valence-corrected chi connectivity index (χ1v) is 9.31. The van der Waals surface area contributed by atoms with Crippen LogP contribution in [-0.2, 0) is 0 Å². The van der Waals surface area contributed by atoms with E-state index in [-0.39, 0.29) is 5.91 Å². The molecule has 0 aromatic heterocycles. The van der Waals surface area contributed by atoms with Crippen LogP contribution in [0.4, 0.5) is 5.69 Å². The van der Waals surface area contributed by atoms with Gasteiger partial charge in [0, 0.05) is 11.3 Å². The Balaban J connectivity index is 1.46. The number of anilines is 1. The molecule has 1 saturated carbocycles. The van der Waals surface area contributed by atoms with Gasteiger partial charge in [-0.2, -0.15) is 0 Å². The quantitative estimate of drug-likeness (QED) is 0.595. The van der Waals surface area contributed by atoms with Crippen molar-refractivity contribution in [2.24, 2.45) is 5.92 Å². The van der Waals surface area contributed by atoms with Gasteiger partial charge in [-0.05, 0) is 59.2 Å². The van der Waals surface area contributed by atoms with Crippen LogP contribution in [0.15, 0.2) is 78.9 Å². The van der Waals surface area contributed by atoms with Crippen LogP contribution in [0.25, 0.3) is 11.1 Å². The Morgan fingerprint density at radius 1 is 0.923 bits per heavy atom. The lowest BCUT2D eigenvalue weighted by Gasteiger charge is -2.08. The van der Waals surface area contributed by atoms with Crippen molar-refractivity contribution >= 4 is 11.6 Å². The molecule has 1 fully saturated rings. The Hall–Kier alpha value is -2.87. The van der Waals surface area contributed by atoms with Gasteiger partial charge in [-0.1, -0.05) is 67.9 Å². The number of carbonyl (C=O) groups is 1. The summed E-state index contributed by atoms with van der Waals surface area (Å²) in [5, 5.41) is 3.03. The average Bonchev–Trinajstić information content (AvgIpc) is 3.49. The van der Waals surface area contributed by atoms with Gasteiger partial charge < -0.3 is 5.32 Å². The van der Waals surface area contributed by atoms with Crippen LogP contribution in [0, 0.1) is 5.92 Å². The second-order valence-corrected chi connectivity index (χ2v) is 7.03. The van der Waals surface area contributed by atoms with Gasteiger partial charge in [0.25, 0.3) is 5.91 Å².